The van der Waals surface area contributed by atoms with Gasteiger partial charge < -0.3 is 14.2 Å². The highest BCUT2D eigenvalue weighted by Crippen LogP contribution is 2.14. The van der Waals surface area contributed by atoms with Crippen molar-refractivity contribution in [3.8, 4) is 0 Å². The zero-order chi connectivity index (χ0) is 14.8. The molecular weight excluding hydrogens is 262 g/mol. The highest BCUT2D eigenvalue weighted by Gasteiger charge is 2.11. The van der Waals surface area contributed by atoms with Gasteiger partial charge in [0, 0.05) is 0 Å². The van der Waals surface area contributed by atoms with Gasteiger partial charge in [-0.1, -0.05) is 42.5 Å². The summed E-state index contributed by atoms with van der Waals surface area (Å²) in [6.07, 6.45) is -0.477. The van der Waals surface area contributed by atoms with Crippen LogP contribution in [0.2, 0.25) is 0 Å². The van der Waals surface area contributed by atoms with Gasteiger partial charge in [0.15, 0.2) is 0 Å². The van der Waals surface area contributed by atoms with Crippen LogP contribution in [0.5, 0.6) is 0 Å². The third kappa shape index (κ3) is 2.62. The van der Waals surface area contributed by atoms with Crippen LogP contribution < -0.4 is 5.62 Å². The number of hydrogen-bond acceptors (Lipinski definition) is 2. The van der Waals surface area contributed by atoms with E-state index in [-0.39, 0.29) is 0 Å². The van der Waals surface area contributed by atoms with E-state index in [9.17, 15) is 5.11 Å². The number of aromatic nitrogens is 2. The topological polar surface area (TPSA) is 53.9 Å². The number of rotatable bonds is 4. The maximum absolute atomic E-state index is 9.68. The first-order valence-electron chi connectivity index (χ1n) is 7.11. The van der Waals surface area contributed by atoms with Gasteiger partial charge in [-0.15, -0.1) is 0 Å². The lowest BCUT2D eigenvalue weighted by molar-refractivity contribution is 0.172. The fraction of sp³-hybridized carbons (Fsp3) is 0.235. The van der Waals surface area contributed by atoms with Crippen molar-refractivity contribution in [3.63, 3.8) is 0 Å². The molecule has 1 aromatic heterocycles. The number of aliphatic hydroxyl groups excluding tert-OH is 1. The molecule has 0 bridgehead atoms. The molecule has 0 aliphatic rings. The van der Waals surface area contributed by atoms with Crippen LogP contribution >= 0.6 is 0 Å². The Morgan fingerprint density at radius 1 is 0.952 bits per heavy atom. The quantitative estimate of drug-likeness (QED) is 0.758. The molecule has 0 spiro atoms. The molecule has 0 fully saturated rings. The average molecular weight is 281 g/mol. The molecule has 0 amide bonds. The Balaban J connectivity index is 2.14. The van der Waals surface area contributed by atoms with Gasteiger partial charge >= 0.3 is 0 Å². The molecule has 4 nitrogen and oxygen atoms in total. The molecule has 4 heteroatoms. The zero-order valence-corrected chi connectivity index (χ0v) is 12.0. The molecule has 0 saturated carbocycles. The molecule has 0 saturated heterocycles. The van der Waals surface area contributed by atoms with Crippen molar-refractivity contribution in [2.45, 2.75) is 26.1 Å². The summed E-state index contributed by atoms with van der Waals surface area (Å²) < 4.78 is 3.84. The fourth-order valence-corrected chi connectivity index (χ4v) is 2.67. The Hall–Kier alpha value is -2.33. The predicted octanol–water partition coefficient (Wildman–Crippen LogP) is 2.35. The lowest BCUT2D eigenvalue weighted by Crippen LogP contribution is -2.28. The monoisotopic (exact) mass is 281 g/mol. The van der Waals surface area contributed by atoms with E-state index in [0.717, 1.165) is 16.6 Å². The van der Waals surface area contributed by atoms with Gasteiger partial charge in [-0.3, -0.25) is 5.41 Å². The normalized spacial score (nSPS) is 12.7. The smallest absolute Gasteiger partial charge is 0.203 e. The van der Waals surface area contributed by atoms with Gasteiger partial charge in [0.25, 0.3) is 0 Å². The highest BCUT2D eigenvalue weighted by atomic mass is 16.3. The number of para-hydroxylation sites is 2. The van der Waals surface area contributed by atoms with E-state index < -0.39 is 6.10 Å². The van der Waals surface area contributed by atoms with Gasteiger partial charge in [-0.25, -0.2) is 0 Å². The van der Waals surface area contributed by atoms with E-state index in [4.69, 9.17) is 5.41 Å². The van der Waals surface area contributed by atoms with E-state index in [1.54, 1.807) is 6.92 Å². The van der Waals surface area contributed by atoms with Crippen LogP contribution in [0, 0.1) is 5.41 Å². The van der Waals surface area contributed by atoms with E-state index in [1.807, 2.05) is 51.6 Å². The van der Waals surface area contributed by atoms with Crippen LogP contribution in [0.1, 0.15) is 12.5 Å². The van der Waals surface area contributed by atoms with E-state index >= 15 is 0 Å². The maximum atomic E-state index is 9.68. The SMILES string of the molecule is CC(O)Cn1c(=N)n(Cc2ccccc2)c2ccccc21. The number of imidazole rings is 1. The second kappa shape index (κ2) is 5.58. The van der Waals surface area contributed by atoms with Gasteiger partial charge in [-0.2, -0.15) is 0 Å². The van der Waals surface area contributed by atoms with Crippen molar-refractivity contribution in [3.05, 3.63) is 65.8 Å². The van der Waals surface area contributed by atoms with Gasteiger partial charge in [0.05, 0.1) is 30.2 Å². The molecule has 2 aromatic carbocycles. The molecule has 0 aliphatic carbocycles. The van der Waals surface area contributed by atoms with Crippen LogP contribution in [-0.4, -0.2) is 20.3 Å². The summed E-state index contributed by atoms with van der Waals surface area (Å²) >= 11 is 0. The Morgan fingerprint density at radius 2 is 1.52 bits per heavy atom. The first kappa shape index (κ1) is 13.6. The molecule has 1 atom stereocenters. The molecular formula is C17H19N3O. The van der Waals surface area contributed by atoms with Crippen molar-refractivity contribution >= 4 is 11.0 Å². The minimum atomic E-state index is -0.477. The second-order valence-corrected chi connectivity index (χ2v) is 5.34. The lowest BCUT2D eigenvalue weighted by atomic mass is 10.2. The van der Waals surface area contributed by atoms with Crippen molar-refractivity contribution < 1.29 is 5.11 Å². The van der Waals surface area contributed by atoms with E-state index in [2.05, 4.69) is 12.1 Å². The molecule has 0 aliphatic heterocycles. The number of aliphatic hydroxyl groups is 1. The molecule has 1 heterocycles. The summed E-state index contributed by atoms with van der Waals surface area (Å²) in [6.45, 7) is 2.84. The highest BCUT2D eigenvalue weighted by molar-refractivity contribution is 5.76. The minimum absolute atomic E-state index is 0.418. The number of benzene rings is 2. The van der Waals surface area contributed by atoms with Crippen molar-refractivity contribution in [1.29, 1.82) is 5.41 Å². The Morgan fingerprint density at radius 3 is 2.14 bits per heavy atom. The third-order valence-corrected chi connectivity index (χ3v) is 3.60. The first-order chi connectivity index (χ1) is 10.2. The van der Waals surface area contributed by atoms with Gasteiger partial charge in [-0.05, 0) is 24.6 Å². The molecule has 21 heavy (non-hydrogen) atoms. The minimum Gasteiger partial charge on any atom is -0.392 e. The number of nitrogens with zero attached hydrogens (tertiary/aromatic N) is 2. The van der Waals surface area contributed by atoms with Crippen LogP contribution in [0.15, 0.2) is 54.6 Å². The summed E-state index contributed by atoms with van der Waals surface area (Å²) in [5, 5.41) is 18.1. The van der Waals surface area contributed by atoms with Gasteiger partial charge in [0.2, 0.25) is 5.62 Å². The maximum Gasteiger partial charge on any atom is 0.203 e. The van der Waals surface area contributed by atoms with Crippen LogP contribution in [-0.2, 0) is 13.1 Å². The standard InChI is InChI=1S/C17H19N3O/c1-13(21)11-19-15-9-5-6-10-16(15)20(17(19)18)12-14-7-3-2-4-8-14/h2-10,13,18,21H,11-12H2,1H3. The second-order valence-electron chi connectivity index (χ2n) is 5.34. The Kier molecular flexibility index (Phi) is 3.62. The van der Waals surface area contributed by atoms with Crippen LogP contribution in [0.4, 0.5) is 0 Å². The average Bonchev–Trinajstić information content (AvgIpc) is 2.74. The third-order valence-electron chi connectivity index (χ3n) is 3.60. The molecule has 108 valence electrons. The van der Waals surface area contributed by atoms with Crippen molar-refractivity contribution in [1.82, 2.24) is 9.13 Å². The van der Waals surface area contributed by atoms with E-state index in [1.165, 1.54) is 0 Å². The largest absolute Gasteiger partial charge is 0.392 e. The van der Waals surface area contributed by atoms with Crippen LogP contribution in [0.25, 0.3) is 11.0 Å². The predicted molar refractivity (Wildman–Crippen MR) is 83.0 cm³/mol. The Labute approximate surface area is 123 Å². The summed E-state index contributed by atoms with van der Waals surface area (Å²) in [7, 11) is 0. The summed E-state index contributed by atoms with van der Waals surface area (Å²) in [6, 6.07) is 18.1. The summed E-state index contributed by atoms with van der Waals surface area (Å²) in [5.41, 5.74) is 3.59. The van der Waals surface area contributed by atoms with Crippen LogP contribution in [0.3, 0.4) is 0 Å². The summed E-state index contributed by atoms with van der Waals surface area (Å²) in [5.74, 6) is 0. The molecule has 3 rings (SSSR count). The van der Waals surface area contributed by atoms with E-state index in [0.29, 0.717) is 18.7 Å². The molecule has 0 radical (unpaired) electrons. The molecule has 1 unspecified atom stereocenters. The molecule has 3 aromatic rings. The first-order valence-corrected chi connectivity index (χ1v) is 7.11. The summed E-state index contributed by atoms with van der Waals surface area (Å²) in [4.78, 5) is 0. The molecule has 2 N–H and O–H groups in total. The number of hydrogen-bond donors (Lipinski definition) is 2. The zero-order valence-electron chi connectivity index (χ0n) is 12.0. The number of nitrogens with one attached hydrogen (secondary N) is 1. The Bertz CT molecular complexity index is 800. The van der Waals surface area contributed by atoms with Gasteiger partial charge in [0.1, 0.15) is 0 Å². The fourth-order valence-electron chi connectivity index (χ4n) is 2.67. The van der Waals surface area contributed by atoms with Crippen molar-refractivity contribution in [2.75, 3.05) is 0 Å². The lowest BCUT2D eigenvalue weighted by Gasteiger charge is -2.07. The van der Waals surface area contributed by atoms with Crippen molar-refractivity contribution in [2.24, 2.45) is 0 Å². The number of fused-ring (bicyclic) bond motifs is 1.